The molecule has 0 atom stereocenters. The lowest BCUT2D eigenvalue weighted by atomic mass is 10.1. The second-order valence-corrected chi connectivity index (χ2v) is 7.57. The molecule has 0 fully saturated rings. The molecule has 0 saturated carbocycles. The Bertz CT molecular complexity index is 659. The first kappa shape index (κ1) is 18.4. The predicted molar refractivity (Wildman–Crippen MR) is 87.0 cm³/mol. The van der Waals surface area contributed by atoms with Crippen molar-refractivity contribution in [3.8, 4) is 0 Å². The average molecular weight is 347 g/mol. The predicted octanol–water partition coefficient (Wildman–Crippen LogP) is 1.85. The van der Waals surface area contributed by atoms with Gasteiger partial charge in [0.25, 0.3) is 5.91 Å². The van der Waals surface area contributed by atoms with Crippen molar-refractivity contribution in [2.24, 2.45) is 0 Å². The summed E-state index contributed by atoms with van der Waals surface area (Å²) in [5.41, 5.74) is 0.546. The van der Waals surface area contributed by atoms with Crippen molar-refractivity contribution < 1.29 is 18.0 Å². The van der Waals surface area contributed by atoms with Gasteiger partial charge in [0.15, 0.2) is 0 Å². The van der Waals surface area contributed by atoms with E-state index < -0.39 is 15.7 Å². The van der Waals surface area contributed by atoms with Gasteiger partial charge in [-0.05, 0) is 24.6 Å². The highest BCUT2D eigenvalue weighted by Crippen LogP contribution is 2.21. The molecule has 2 N–H and O–H groups in total. The third-order valence-electron chi connectivity index (χ3n) is 2.74. The van der Waals surface area contributed by atoms with Crippen LogP contribution in [-0.4, -0.2) is 38.8 Å². The van der Waals surface area contributed by atoms with Gasteiger partial charge in [-0.2, -0.15) is 0 Å². The van der Waals surface area contributed by atoms with E-state index in [-0.39, 0.29) is 29.3 Å². The topological polar surface area (TPSA) is 92.3 Å². The zero-order valence-corrected chi connectivity index (χ0v) is 14.1. The summed E-state index contributed by atoms with van der Waals surface area (Å²) in [4.78, 5) is 23.8. The van der Waals surface area contributed by atoms with Gasteiger partial charge in [0, 0.05) is 24.2 Å². The number of halogens is 1. The number of hydrogen-bond donors (Lipinski definition) is 2. The van der Waals surface area contributed by atoms with Crippen LogP contribution in [0.5, 0.6) is 0 Å². The van der Waals surface area contributed by atoms with Crippen LogP contribution in [0.15, 0.2) is 18.2 Å². The average Bonchev–Trinajstić information content (AvgIpc) is 2.42. The molecule has 6 nitrogen and oxygen atoms in total. The van der Waals surface area contributed by atoms with Gasteiger partial charge in [-0.15, -0.1) is 0 Å². The third kappa shape index (κ3) is 6.44. The second-order valence-electron chi connectivity index (χ2n) is 4.87. The van der Waals surface area contributed by atoms with E-state index in [2.05, 4.69) is 10.6 Å². The zero-order valence-electron chi connectivity index (χ0n) is 12.5. The van der Waals surface area contributed by atoms with E-state index in [0.29, 0.717) is 11.6 Å². The van der Waals surface area contributed by atoms with Crippen LogP contribution in [0.2, 0.25) is 5.02 Å². The molecule has 0 radical (unpaired) electrons. The summed E-state index contributed by atoms with van der Waals surface area (Å²) >= 11 is 5.88. The maximum atomic E-state index is 12.0. The van der Waals surface area contributed by atoms with Gasteiger partial charge < -0.3 is 10.6 Å². The molecule has 0 unspecified atom stereocenters. The Hall–Kier alpha value is -1.60. The van der Waals surface area contributed by atoms with Crippen molar-refractivity contribution in [1.82, 2.24) is 5.32 Å². The van der Waals surface area contributed by atoms with Crippen molar-refractivity contribution in [3.05, 3.63) is 28.8 Å². The summed E-state index contributed by atoms with van der Waals surface area (Å²) in [7, 11) is -3.22. The molecule has 0 aliphatic carbocycles. The fourth-order valence-electron chi connectivity index (χ4n) is 1.64. The molecule has 122 valence electrons. The van der Waals surface area contributed by atoms with Crippen LogP contribution in [0, 0.1) is 0 Å². The minimum absolute atomic E-state index is 0.179. The van der Waals surface area contributed by atoms with Crippen molar-refractivity contribution in [3.63, 3.8) is 0 Å². The molecule has 22 heavy (non-hydrogen) atoms. The fraction of sp³-hybridized carbons (Fsp3) is 0.429. The largest absolute Gasteiger partial charge is 0.352 e. The number of amides is 2. The Labute approximate surface area is 135 Å². The monoisotopic (exact) mass is 346 g/mol. The maximum Gasteiger partial charge on any atom is 0.253 e. The van der Waals surface area contributed by atoms with Gasteiger partial charge >= 0.3 is 0 Å². The first-order valence-corrected chi connectivity index (χ1v) is 9.22. The van der Waals surface area contributed by atoms with Crippen LogP contribution in [0.1, 0.15) is 30.1 Å². The standard InChI is InChI=1S/C14H19ClN2O4S/c1-3-7-16-14(19)11-5-4-10(15)9-12(11)17-13(18)6-8-22(2,20)21/h4-5,9H,3,6-8H2,1-2H3,(H,16,19)(H,17,18). The van der Waals surface area contributed by atoms with E-state index in [0.717, 1.165) is 12.7 Å². The summed E-state index contributed by atoms with van der Waals surface area (Å²) in [6, 6.07) is 4.52. The number of hydrogen-bond acceptors (Lipinski definition) is 4. The van der Waals surface area contributed by atoms with E-state index in [1.54, 1.807) is 6.07 Å². The highest BCUT2D eigenvalue weighted by atomic mass is 35.5. The number of sulfone groups is 1. The van der Waals surface area contributed by atoms with Gasteiger partial charge in [0.1, 0.15) is 9.84 Å². The van der Waals surface area contributed by atoms with Gasteiger partial charge in [-0.3, -0.25) is 9.59 Å². The van der Waals surface area contributed by atoms with E-state index in [1.165, 1.54) is 12.1 Å². The Morgan fingerprint density at radius 2 is 1.95 bits per heavy atom. The van der Waals surface area contributed by atoms with Crippen molar-refractivity contribution in [1.29, 1.82) is 0 Å². The molecule has 0 aliphatic heterocycles. The fourth-order valence-corrected chi connectivity index (χ4v) is 2.37. The number of rotatable bonds is 7. The SMILES string of the molecule is CCCNC(=O)c1ccc(Cl)cc1NC(=O)CCS(C)(=O)=O. The van der Waals surface area contributed by atoms with E-state index in [4.69, 9.17) is 11.6 Å². The van der Waals surface area contributed by atoms with Gasteiger partial charge in [-0.1, -0.05) is 18.5 Å². The molecule has 0 aromatic heterocycles. The molecule has 1 rings (SSSR count). The second kappa shape index (κ2) is 8.14. The highest BCUT2D eigenvalue weighted by molar-refractivity contribution is 7.90. The van der Waals surface area contributed by atoms with Crippen LogP contribution in [-0.2, 0) is 14.6 Å². The zero-order chi connectivity index (χ0) is 16.8. The van der Waals surface area contributed by atoms with Crippen molar-refractivity contribution in [2.45, 2.75) is 19.8 Å². The van der Waals surface area contributed by atoms with Crippen LogP contribution in [0.3, 0.4) is 0 Å². The smallest absolute Gasteiger partial charge is 0.253 e. The summed E-state index contributed by atoms with van der Waals surface area (Å²) in [6.07, 6.45) is 1.67. The number of anilines is 1. The van der Waals surface area contributed by atoms with Crippen molar-refractivity contribution in [2.75, 3.05) is 23.9 Å². The Morgan fingerprint density at radius 1 is 1.27 bits per heavy atom. The minimum atomic E-state index is -3.22. The summed E-state index contributed by atoms with van der Waals surface area (Å²) < 4.78 is 22.1. The lowest BCUT2D eigenvalue weighted by molar-refractivity contribution is -0.115. The molecule has 2 amide bonds. The van der Waals surface area contributed by atoms with Gasteiger partial charge in [0.2, 0.25) is 5.91 Å². The molecular formula is C14H19ClN2O4S. The quantitative estimate of drug-likeness (QED) is 0.788. The number of nitrogens with one attached hydrogen (secondary N) is 2. The molecule has 8 heteroatoms. The number of carbonyl (C=O) groups excluding carboxylic acids is 2. The minimum Gasteiger partial charge on any atom is -0.352 e. The molecule has 0 bridgehead atoms. The number of benzene rings is 1. The lowest BCUT2D eigenvalue weighted by Crippen LogP contribution is -2.26. The molecule has 0 spiro atoms. The molecule has 0 heterocycles. The molecule has 0 saturated heterocycles. The molecule has 0 aliphatic rings. The molecular weight excluding hydrogens is 328 g/mol. The van der Waals surface area contributed by atoms with E-state index >= 15 is 0 Å². The molecule has 1 aromatic carbocycles. The summed E-state index contributed by atoms with van der Waals surface area (Å²) in [5.74, 6) is -1.06. The third-order valence-corrected chi connectivity index (χ3v) is 3.92. The van der Waals surface area contributed by atoms with E-state index in [9.17, 15) is 18.0 Å². The Morgan fingerprint density at radius 3 is 2.55 bits per heavy atom. The lowest BCUT2D eigenvalue weighted by Gasteiger charge is -2.11. The van der Waals surface area contributed by atoms with E-state index in [1.807, 2.05) is 6.92 Å². The summed E-state index contributed by atoms with van der Waals surface area (Å²) in [5, 5.41) is 5.61. The first-order chi connectivity index (χ1) is 10.2. The maximum absolute atomic E-state index is 12.0. The Balaban J connectivity index is 2.86. The normalized spacial score (nSPS) is 11.0. The number of carbonyl (C=O) groups is 2. The van der Waals surface area contributed by atoms with Crippen LogP contribution >= 0.6 is 11.6 Å². The Kier molecular flexibility index (Phi) is 6.83. The first-order valence-electron chi connectivity index (χ1n) is 6.78. The molecule has 1 aromatic rings. The highest BCUT2D eigenvalue weighted by Gasteiger charge is 2.15. The van der Waals surface area contributed by atoms with Gasteiger partial charge in [0.05, 0.1) is 17.0 Å². The van der Waals surface area contributed by atoms with Crippen LogP contribution in [0.25, 0.3) is 0 Å². The van der Waals surface area contributed by atoms with Crippen LogP contribution < -0.4 is 10.6 Å². The van der Waals surface area contributed by atoms with Gasteiger partial charge in [-0.25, -0.2) is 8.42 Å². The van der Waals surface area contributed by atoms with Crippen molar-refractivity contribution >= 4 is 38.9 Å². The van der Waals surface area contributed by atoms with Crippen LogP contribution in [0.4, 0.5) is 5.69 Å². The summed E-state index contributed by atoms with van der Waals surface area (Å²) in [6.45, 7) is 2.44.